The summed E-state index contributed by atoms with van der Waals surface area (Å²) in [6.07, 6.45) is 4.26. The SMILES string of the molecule is COC(C)CNN1C(C)CCCC1C. The number of nitrogens with one attached hydrogen (secondary N) is 1. The molecule has 1 heterocycles. The van der Waals surface area contributed by atoms with Crippen molar-refractivity contribution < 1.29 is 4.74 Å². The van der Waals surface area contributed by atoms with Gasteiger partial charge in [0.25, 0.3) is 0 Å². The maximum atomic E-state index is 5.22. The third-order valence-corrected chi connectivity index (χ3v) is 3.16. The van der Waals surface area contributed by atoms with Crippen molar-refractivity contribution in [3.05, 3.63) is 0 Å². The number of ether oxygens (including phenoxy) is 1. The van der Waals surface area contributed by atoms with E-state index in [1.807, 2.05) is 0 Å². The molecule has 1 saturated heterocycles. The molecule has 1 aliphatic rings. The molecular formula is C11H24N2O. The molecule has 0 aliphatic carbocycles. The van der Waals surface area contributed by atoms with Gasteiger partial charge in [-0.3, -0.25) is 5.43 Å². The lowest BCUT2D eigenvalue weighted by molar-refractivity contribution is 0.0199. The van der Waals surface area contributed by atoms with Gasteiger partial charge in [0.15, 0.2) is 0 Å². The predicted molar refractivity (Wildman–Crippen MR) is 59.1 cm³/mol. The van der Waals surface area contributed by atoms with E-state index in [9.17, 15) is 0 Å². The van der Waals surface area contributed by atoms with Gasteiger partial charge in [0.05, 0.1) is 6.10 Å². The molecule has 3 atom stereocenters. The molecule has 1 fully saturated rings. The summed E-state index contributed by atoms with van der Waals surface area (Å²) in [7, 11) is 1.76. The lowest BCUT2D eigenvalue weighted by Gasteiger charge is -2.39. The van der Waals surface area contributed by atoms with Crippen molar-refractivity contribution in [2.24, 2.45) is 0 Å². The maximum absolute atomic E-state index is 5.22. The van der Waals surface area contributed by atoms with Crippen molar-refractivity contribution >= 4 is 0 Å². The zero-order chi connectivity index (χ0) is 10.6. The minimum atomic E-state index is 0.288. The van der Waals surface area contributed by atoms with Gasteiger partial charge in [-0.2, -0.15) is 0 Å². The van der Waals surface area contributed by atoms with Gasteiger partial charge < -0.3 is 4.74 Å². The molecule has 84 valence electrons. The van der Waals surface area contributed by atoms with Crippen LogP contribution < -0.4 is 5.43 Å². The van der Waals surface area contributed by atoms with Gasteiger partial charge in [-0.15, -0.1) is 0 Å². The average Bonchev–Trinajstić information content (AvgIpc) is 2.16. The van der Waals surface area contributed by atoms with Crippen LogP contribution in [0.1, 0.15) is 40.0 Å². The molecule has 0 radical (unpaired) electrons. The molecule has 3 unspecified atom stereocenters. The summed E-state index contributed by atoms with van der Waals surface area (Å²) in [4.78, 5) is 0. The van der Waals surface area contributed by atoms with Crippen molar-refractivity contribution in [1.29, 1.82) is 0 Å². The number of hydrogen-bond acceptors (Lipinski definition) is 3. The average molecular weight is 200 g/mol. The first-order valence-corrected chi connectivity index (χ1v) is 5.69. The van der Waals surface area contributed by atoms with Crippen LogP contribution in [0.3, 0.4) is 0 Å². The zero-order valence-corrected chi connectivity index (χ0v) is 9.92. The molecular weight excluding hydrogens is 176 g/mol. The third-order valence-electron chi connectivity index (χ3n) is 3.16. The van der Waals surface area contributed by atoms with E-state index in [4.69, 9.17) is 4.74 Å². The summed E-state index contributed by atoms with van der Waals surface area (Å²) in [5.41, 5.74) is 3.48. The van der Waals surface area contributed by atoms with E-state index < -0.39 is 0 Å². The monoisotopic (exact) mass is 200 g/mol. The third kappa shape index (κ3) is 3.23. The van der Waals surface area contributed by atoms with Crippen LogP contribution in [0.15, 0.2) is 0 Å². The Bertz CT molecular complexity index is 153. The van der Waals surface area contributed by atoms with E-state index in [-0.39, 0.29) is 6.10 Å². The van der Waals surface area contributed by atoms with E-state index >= 15 is 0 Å². The fourth-order valence-corrected chi connectivity index (χ4v) is 2.05. The first-order valence-electron chi connectivity index (χ1n) is 5.69. The quantitative estimate of drug-likeness (QED) is 0.749. The molecule has 0 aromatic carbocycles. The van der Waals surface area contributed by atoms with Gasteiger partial charge in [0.2, 0.25) is 0 Å². The number of nitrogens with zero attached hydrogens (tertiary/aromatic N) is 1. The summed E-state index contributed by atoms with van der Waals surface area (Å²) < 4.78 is 5.22. The van der Waals surface area contributed by atoms with Crippen LogP contribution in [-0.2, 0) is 4.74 Å². The van der Waals surface area contributed by atoms with Gasteiger partial charge >= 0.3 is 0 Å². The first-order chi connectivity index (χ1) is 6.65. The second-order valence-electron chi connectivity index (χ2n) is 4.44. The Morgan fingerprint density at radius 3 is 2.43 bits per heavy atom. The molecule has 0 aromatic heterocycles. The number of hydrazine groups is 1. The molecule has 0 saturated carbocycles. The minimum absolute atomic E-state index is 0.288. The minimum Gasteiger partial charge on any atom is -0.380 e. The molecule has 3 nitrogen and oxygen atoms in total. The Hall–Kier alpha value is -0.120. The Kier molecular flexibility index (Phi) is 4.85. The van der Waals surface area contributed by atoms with Crippen LogP contribution in [0.2, 0.25) is 0 Å². The topological polar surface area (TPSA) is 24.5 Å². The van der Waals surface area contributed by atoms with Crippen LogP contribution in [0.25, 0.3) is 0 Å². The summed E-state index contributed by atoms with van der Waals surface area (Å²) in [6, 6.07) is 1.31. The lowest BCUT2D eigenvalue weighted by atomic mass is 10.00. The van der Waals surface area contributed by atoms with Gasteiger partial charge in [0, 0.05) is 25.7 Å². The normalized spacial score (nSPS) is 31.7. The lowest BCUT2D eigenvalue weighted by Crippen LogP contribution is -2.53. The van der Waals surface area contributed by atoms with E-state index in [0.717, 1.165) is 6.54 Å². The summed E-state index contributed by atoms with van der Waals surface area (Å²) >= 11 is 0. The van der Waals surface area contributed by atoms with Gasteiger partial charge in [-0.1, -0.05) is 6.42 Å². The second kappa shape index (κ2) is 5.69. The highest BCUT2D eigenvalue weighted by Gasteiger charge is 2.24. The molecule has 0 spiro atoms. The standard InChI is InChI=1S/C11H24N2O/c1-9-6-5-7-10(2)13(9)12-8-11(3)14-4/h9-12H,5-8H2,1-4H3. The van der Waals surface area contributed by atoms with Crippen molar-refractivity contribution in [2.45, 2.75) is 58.2 Å². The van der Waals surface area contributed by atoms with Crippen molar-refractivity contribution in [3.8, 4) is 0 Å². The smallest absolute Gasteiger partial charge is 0.0681 e. The van der Waals surface area contributed by atoms with Crippen LogP contribution >= 0.6 is 0 Å². The molecule has 1 N–H and O–H groups in total. The van der Waals surface area contributed by atoms with Crippen LogP contribution in [-0.4, -0.2) is 36.9 Å². The van der Waals surface area contributed by atoms with Gasteiger partial charge in [-0.25, -0.2) is 5.01 Å². The zero-order valence-electron chi connectivity index (χ0n) is 9.92. The number of hydrogen-bond donors (Lipinski definition) is 1. The Morgan fingerprint density at radius 2 is 1.93 bits per heavy atom. The van der Waals surface area contributed by atoms with Crippen LogP contribution in [0.5, 0.6) is 0 Å². The molecule has 1 aliphatic heterocycles. The Labute approximate surface area is 87.8 Å². The fraction of sp³-hybridized carbons (Fsp3) is 1.00. The van der Waals surface area contributed by atoms with E-state index in [1.165, 1.54) is 19.3 Å². The fourth-order valence-electron chi connectivity index (χ4n) is 2.05. The van der Waals surface area contributed by atoms with Crippen LogP contribution in [0, 0.1) is 0 Å². The molecule has 1 rings (SSSR count). The van der Waals surface area contributed by atoms with E-state index in [0.29, 0.717) is 12.1 Å². The summed E-state index contributed by atoms with van der Waals surface area (Å²) in [5, 5.41) is 2.39. The summed E-state index contributed by atoms with van der Waals surface area (Å²) in [6.45, 7) is 7.58. The van der Waals surface area contributed by atoms with Gasteiger partial charge in [-0.05, 0) is 33.6 Å². The number of rotatable bonds is 4. The largest absolute Gasteiger partial charge is 0.380 e. The highest BCUT2D eigenvalue weighted by molar-refractivity contribution is 4.76. The second-order valence-corrected chi connectivity index (χ2v) is 4.44. The van der Waals surface area contributed by atoms with Crippen molar-refractivity contribution in [2.75, 3.05) is 13.7 Å². The molecule has 0 amide bonds. The Morgan fingerprint density at radius 1 is 1.36 bits per heavy atom. The predicted octanol–water partition coefficient (Wildman–Crippen LogP) is 1.79. The maximum Gasteiger partial charge on any atom is 0.0681 e. The molecule has 0 aromatic rings. The highest BCUT2D eigenvalue weighted by atomic mass is 16.5. The number of methoxy groups -OCH3 is 1. The first kappa shape index (κ1) is 12.0. The van der Waals surface area contributed by atoms with Gasteiger partial charge in [0.1, 0.15) is 0 Å². The number of piperidine rings is 1. The van der Waals surface area contributed by atoms with E-state index in [2.05, 4.69) is 31.2 Å². The molecule has 3 heteroatoms. The van der Waals surface area contributed by atoms with Crippen LogP contribution in [0.4, 0.5) is 0 Å². The van der Waals surface area contributed by atoms with Crippen molar-refractivity contribution in [3.63, 3.8) is 0 Å². The Balaban J connectivity index is 2.32. The summed E-state index contributed by atoms with van der Waals surface area (Å²) in [5.74, 6) is 0. The highest BCUT2D eigenvalue weighted by Crippen LogP contribution is 2.19. The molecule has 0 bridgehead atoms. The van der Waals surface area contributed by atoms with Crippen molar-refractivity contribution in [1.82, 2.24) is 10.4 Å². The molecule has 14 heavy (non-hydrogen) atoms. The van der Waals surface area contributed by atoms with E-state index in [1.54, 1.807) is 7.11 Å².